The number of aliphatic imine (C=N–C) groups is 2. The van der Waals surface area contributed by atoms with E-state index in [4.69, 9.17) is 28.4 Å². The minimum absolute atomic E-state index is 0. The van der Waals surface area contributed by atoms with Crippen molar-refractivity contribution in [2.45, 2.75) is 40.9 Å². The number of carbonyl (C=O) groups is 2. The molecule has 0 amide bonds. The van der Waals surface area contributed by atoms with Gasteiger partial charge in [-0.05, 0) is 152 Å². The van der Waals surface area contributed by atoms with Crippen LogP contribution in [0.4, 0.5) is 46.5 Å². The predicted octanol–water partition coefficient (Wildman–Crippen LogP) is 17.1. The Labute approximate surface area is 578 Å². The normalized spacial score (nSPS) is 13.2. The number of carbonyl (C=O) groups excluding carboxylic acids is 2. The molecule has 0 unspecified atom stereocenters. The van der Waals surface area contributed by atoms with E-state index >= 15 is 0 Å². The van der Waals surface area contributed by atoms with Gasteiger partial charge in [-0.25, -0.2) is 54.7 Å². The fourth-order valence-electron chi connectivity index (χ4n) is 10.2. The molecule has 2 aliphatic rings. The van der Waals surface area contributed by atoms with Gasteiger partial charge in [0.2, 0.25) is 11.8 Å². The van der Waals surface area contributed by atoms with Crippen LogP contribution in [0.1, 0.15) is 66.3 Å². The second-order valence-electron chi connectivity index (χ2n) is 22.3. The SMILES string of the molecule is Cc1cc(C)cc(/C(=C2\C=C(C(=O)OCc3ccc([N+](=O)[O-])cc3)C(Oc3ccc(F)cc3F)=N2)c2ccc(Oc3ccc(F)cc3F)[n-]2)c1.Cc1cc(C)cc(/C(=C2\C=CC(Oc3ccc(F)cc3F)=N2)c2cc(C(=O)OCc3ccc([N+](=O)[O-])cc3)c(Oc3ccc(F)cc3F)[n-]2)c1.[Co+2]. The van der Waals surface area contributed by atoms with Crippen LogP contribution in [0.15, 0.2) is 221 Å². The van der Waals surface area contributed by atoms with Gasteiger partial charge in [0.1, 0.15) is 42.1 Å². The van der Waals surface area contributed by atoms with Crippen molar-refractivity contribution >= 4 is 46.3 Å². The molecule has 18 nitrogen and oxygen atoms in total. The number of aromatic nitrogens is 2. The molecule has 0 saturated heterocycles. The molecule has 27 heteroatoms. The summed E-state index contributed by atoms with van der Waals surface area (Å²) in [6, 6.07) is 37.3. The molecule has 2 aromatic heterocycles. The molecule has 12 rings (SSSR count). The Kier molecular flexibility index (Phi) is 21.8. The maximum Gasteiger partial charge on any atom is 2.00 e. The third kappa shape index (κ3) is 17.4. The summed E-state index contributed by atoms with van der Waals surface area (Å²) in [4.78, 5) is 66.0. The standard InChI is InChI=1S/2C37H25F4N3O6.Co/c2*1-20-13-21(2)15-23(14-20)35(30-9-12-34(42-30)49-32-10-5-24(38)16-28(32)40)31-18-27(36(43-31)50-33-11-6-25(39)17-29(33)41)37(45)48-19-22-3-7-26(8-4-22)44(46)47;/h2*3-18H,19H2,1-2H3,(H,42,43,45);/q;;+2/p-2. The molecule has 511 valence electrons. The van der Waals surface area contributed by atoms with Crippen LogP contribution >= 0.6 is 0 Å². The summed E-state index contributed by atoms with van der Waals surface area (Å²) in [6.45, 7) is 6.96. The van der Waals surface area contributed by atoms with Gasteiger partial charge in [0.15, 0.2) is 46.3 Å². The number of aryl methyl sites for hydroxylation is 4. The Morgan fingerprint density at radius 1 is 0.446 bits per heavy atom. The first-order valence-corrected chi connectivity index (χ1v) is 29.7. The zero-order valence-electron chi connectivity index (χ0n) is 52.8. The van der Waals surface area contributed by atoms with Crippen LogP contribution < -0.4 is 28.9 Å². The molecule has 0 spiro atoms. The summed E-state index contributed by atoms with van der Waals surface area (Å²) in [5.74, 6) is -11.2. The number of hydrogen-bond donors (Lipinski definition) is 0. The molecule has 0 atom stereocenters. The average molecular weight is 1420 g/mol. The van der Waals surface area contributed by atoms with E-state index in [-0.39, 0.29) is 110 Å². The first-order valence-electron chi connectivity index (χ1n) is 29.7. The van der Waals surface area contributed by atoms with Crippen molar-refractivity contribution < 1.29 is 99.8 Å². The van der Waals surface area contributed by atoms with Gasteiger partial charge >= 0.3 is 28.7 Å². The Bertz CT molecular complexity index is 5090. The third-order valence-electron chi connectivity index (χ3n) is 14.6. The molecule has 2 aliphatic heterocycles. The smallest absolute Gasteiger partial charge is 0.626 e. The first kappa shape index (κ1) is 71.3. The molecule has 4 heterocycles. The molecule has 0 aliphatic carbocycles. The molecule has 0 fully saturated rings. The van der Waals surface area contributed by atoms with Crippen molar-refractivity contribution in [3.63, 3.8) is 0 Å². The van der Waals surface area contributed by atoms with Gasteiger partial charge in [0.05, 0.1) is 26.8 Å². The zero-order valence-corrected chi connectivity index (χ0v) is 53.9. The Hall–Kier alpha value is -12.5. The van der Waals surface area contributed by atoms with E-state index in [1.54, 1.807) is 12.1 Å². The van der Waals surface area contributed by atoms with Crippen LogP contribution in [0.2, 0.25) is 0 Å². The van der Waals surface area contributed by atoms with Crippen molar-refractivity contribution in [1.29, 1.82) is 0 Å². The van der Waals surface area contributed by atoms with Gasteiger partial charge in [-0.15, -0.1) is 11.4 Å². The van der Waals surface area contributed by atoms with Crippen molar-refractivity contribution in [2.75, 3.05) is 0 Å². The van der Waals surface area contributed by atoms with E-state index in [0.29, 0.717) is 57.7 Å². The van der Waals surface area contributed by atoms with Gasteiger partial charge in [0.25, 0.3) is 11.4 Å². The van der Waals surface area contributed by atoms with Crippen molar-refractivity contribution in [1.82, 2.24) is 9.97 Å². The fourth-order valence-corrected chi connectivity index (χ4v) is 10.2. The summed E-state index contributed by atoms with van der Waals surface area (Å²) in [6.07, 6.45) is 4.40. The van der Waals surface area contributed by atoms with Crippen LogP contribution in [0.3, 0.4) is 0 Å². The fraction of sp³-hybridized carbons (Fsp3) is 0.0811. The second kappa shape index (κ2) is 30.9. The van der Waals surface area contributed by atoms with E-state index in [9.17, 15) is 64.9 Å². The molecule has 8 aromatic carbocycles. The molecule has 101 heavy (non-hydrogen) atoms. The van der Waals surface area contributed by atoms with Crippen LogP contribution in [-0.2, 0) is 44.3 Å². The number of rotatable bonds is 18. The topological polar surface area (TPSA) is 229 Å². The van der Waals surface area contributed by atoms with Gasteiger partial charge in [-0.1, -0.05) is 70.8 Å². The molecule has 0 N–H and O–H groups in total. The maximum atomic E-state index is 14.7. The summed E-state index contributed by atoms with van der Waals surface area (Å²) in [5, 5.41) is 22.0. The molecule has 0 bridgehead atoms. The van der Waals surface area contributed by atoms with E-state index in [1.807, 2.05) is 64.1 Å². The summed E-state index contributed by atoms with van der Waals surface area (Å²) in [5.41, 5.74) is 6.55. The second-order valence-corrected chi connectivity index (χ2v) is 22.3. The molecule has 0 saturated carbocycles. The average Bonchev–Trinajstić information content (AvgIpc) is 1.65. The molecular weight excluding hydrogens is 1380 g/mol. The van der Waals surface area contributed by atoms with E-state index in [0.717, 1.165) is 70.8 Å². The minimum atomic E-state index is -1.05. The van der Waals surface area contributed by atoms with Gasteiger partial charge < -0.3 is 38.4 Å². The van der Waals surface area contributed by atoms with Crippen molar-refractivity contribution in [3.8, 4) is 34.8 Å². The van der Waals surface area contributed by atoms with E-state index in [1.165, 1.54) is 72.8 Å². The number of non-ortho nitro benzene ring substituents is 2. The van der Waals surface area contributed by atoms with Crippen molar-refractivity contribution in [3.05, 3.63) is 339 Å². The van der Waals surface area contributed by atoms with Crippen LogP contribution in [0.5, 0.6) is 34.8 Å². The quantitative estimate of drug-likeness (QED) is 0.0337. The largest absolute Gasteiger partial charge is 2.00 e. The van der Waals surface area contributed by atoms with Gasteiger partial charge in [0, 0.05) is 66.4 Å². The van der Waals surface area contributed by atoms with Gasteiger partial charge in [-0.3, -0.25) is 20.2 Å². The first-order chi connectivity index (χ1) is 47.9. The number of nitrogens with zero attached hydrogens (tertiary/aromatic N) is 6. The number of hydrogen-bond acceptors (Lipinski definition) is 14. The number of nitro groups is 2. The predicted molar refractivity (Wildman–Crippen MR) is 347 cm³/mol. The Morgan fingerprint density at radius 2 is 0.881 bits per heavy atom. The summed E-state index contributed by atoms with van der Waals surface area (Å²) in [7, 11) is 0. The van der Waals surface area contributed by atoms with E-state index < -0.39 is 79.8 Å². The Morgan fingerprint density at radius 3 is 1.35 bits per heavy atom. The van der Waals surface area contributed by atoms with Crippen LogP contribution in [0.25, 0.3) is 11.1 Å². The Balaban J connectivity index is 0.000000216. The molecule has 1 radical (unpaired) electrons. The van der Waals surface area contributed by atoms with Crippen LogP contribution in [0, 0.1) is 94.5 Å². The summed E-state index contributed by atoms with van der Waals surface area (Å²) < 4.78 is 146. The minimum Gasteiger partial charge on any atom is -0.626 e. The zero-order chi connectivity index (χ0) is 71.1. The third-order valence-corrected chi connectivity index (χ3v) is 14.6. The molecule has 10 aromatic rings. The number of esters is 2. The maximum absolute atomic E-state index is 14.7. The number of nitro benzene ring substituents is 2. The number of benzene rings is 8. The number of ether oxygens (including phenoxy) is 6. The summed E-state index contributed by atoms with van der Waals surface area (Å²) >= 11 is 0. The van der Waals surface area contributed by atoms with E-state index in [2.05, 4.69) is 20.0 Å². The monoisotopic (exact) mass is 1420 g/mol. The number of allylic oxidation sites excluding steroid dienone is 2. The molecular formula is C74H48CoF8N6O12. The van der Waals surface area contributed by atoms with Crippen molar-refractivity contribution in [2.24, 2.45) is 9.98 Å². The van der Waals surface area contributed by atoms with Crippen LogP contribution in [-0.4, -0.2) is 33.6 Å². The number of halogens is 8. The van der Waals surface area contributed by atoms with Gasteiger partial charge in [-0.2, -0.15) is 0 Å².